The summed E-state index contributed by atoms with van der Waals surface area (Å²) < 4.78 is 85.2. The van der Waals surface area contributed by atoms with Gasteiger partial charge in [0.1, 0.15) is 36.6 Å². The summed E-state index contributed by atoms with van der Waals surface area (Å²) in [5, 5.41) is 16.7. The highest BCUT2D eigenvalue weighted by Gasteiger charge is 2.54. The molecule has 36 heteroatoms. The molecule has 8 heterocycles. The van der Waals surface area contributed by atoms with E-state index >= 15 is 0 Å². The maximum atomic E-state index is 13.8. The van der Waals surface area contributed by atoms with Gasteiger partial charge in [0, 0.05) is 38.1 Å². The van der Waals surface area contributed by atoms with Gasteiger partial charge in [-0.05, 0) is 0 Å². The van der Waals surface area contributed by atoms with Crippen molar-refractivity contribution in [1.29, 1.82) is 0 Å². The van der Waals surface area contributed by atoms with Gasteiger partial charge in [0.05, 0.1) is 78.7 Å². The molecule has 3 fully saturated rings. The standard InChI is InChI=1S/C38H51N13O21P2/c39-37-45-31-26(33(57)47-37)42-17-50(31)35-25(44-22(53)4-7-63-9-11-65-13-14-66-12-10-64-8-5-41-21(52)3-6-49-23(54)1-2-24(49)55)29-19(69-35)15-67-74(61,62)72-30-20(16-68-73(59,60)71-29)70-36(28(30)56)51-18-43-27-32(51)46-38(40)48-34(27)58/h1-2,17-20,25,28-30,35-36,56H,3-16H2,(H,41,52)(H,44,53)(H,59,60)(H,61,62)(H3,39,45,47,57)(H3,40,46,48,58)/t19-,20-,25-,28-,29-,30-,35-,36-/m1/s1. The van der Waals surface area contributed by atoms with Crippen LogP contribution in [0.25, 0.3) is 22.3 Å². The van der Waals surface area contributed by atoms with E-state index in [0.717, 1.165) is 34.3 Å². The number of aliphatic hydroxyl groups excluding tert-OH is 1. The second-order valence-electron chi connectivity index (χ2n) is 16.4. The molecule has 11 N–H and O–H groups in total. The molecule has 0 saturated carbocycles. The molecule has 4 aromatic rings. The molecule has 3 saturated heterocycles. The third-order valence-corrected chi connectivity index (χ3v) is 13.3. The van der Waals surface area contributed by atoms with Crippen LogP contribution in [0.3, 0.4) is 0 Å². The molecule has 4 aliphatic rings. The Hall–Kier alpha value is -5.94. The number of fused-ring (bicyclic) bond motifs is 4. The van der Waals surface area contributed by atoms with Crippen LogP contribution in [-0.4, -0.2) is 198 Å². The van der Waals surface area contributed by atoms with Crippen molar-refractivity contribution in [2.45, 2.75) is 61.9 Å². The van der Waals surface area contributed by atoms with Gasteiger partial charge in [-0.2, -0.15) is 9.97 Å². The molecule has 0 aromatic carbocycles. The fourth-order valence-electron chi connectivity index (χ4n) is 7.97. The number of imide groups is 1. The molecule has 8 rings (SSSR count). The number of nitrogens with two attached hydrogens (primary N) is 2. The molecule has 404 valence electrons. The Morgan fingerprint density at radius 2 is 1.19 bits per heavy atom. The number of H-pyrrole nitrogens is 2. The Morgan fingerprint density at radius 1 is 0.703 bits per heavy atom. The smallest absolute Gasteiger partial charge is 0.386 e. The van der Waals surface area contributed by atoms with Crippen LogP contribution < -0.4 is 33.2 Å². The number of nitrogens with zero attached hydrogens (tertiary/aromatic N) is 7. The number of phosphoric ester groups is 2. The lowest BCUT2D eigenvalue weighted by atomic mass is 10.1. The van der Waals surface area contributed by atoms with Gasteiger partial charge in [0.15, 0.2) is 34.8 Å². The number of aromatic nitrogens is 8. The molecule has 0 aliphatic carbocycles. The van der Waals surface area contributed by atoms with Crippen molar-refractivity contribution < 1.29 is 89.7 Å². The van der Waals surface area contributed by atoms with Gasteiger partial charge in [0.2, 0.25) is 23.7 Å². The van der Waals surface area contributed by atoms with Crippen molar-refractivity contribution in [2.75, 3.05) is 90.6 Å². The van der Waals surface area contributed by atoms with Crippen LogP contribution in [0, 0.1) is 0 Å². The van der Waals surface area contributed by atoms with Gasteiger partial charge in [-0.1, -0.05) is 0 Å². The zero-order valence-corrected chi connectivity index (χ0v) is 40.5. The summed E-state index contributed by atoms with van der Waals surface area (Å²) in [6.45, 7) is -0.485. The van der Waals surface area contributed by atoms with Gasteiger partial charge < -0.3 is 65.4 Å². The molecule has 0 bridgehead atoms. The molecule has 74 heavy (non-hydrogen) atoms. The number of anilines is 2. The minimum absolute atomic E-state index is 0.0159. The molecule has 4 aromatic heterocycles. The Kier molecular flexibility index (Phi) is 17.4. The van der Waals surface area contributed by atoms with Crippen LogP contribution in [0.1, 0.15) is 25.3 Å². The lowest BCUT2D eigenvalue weighted by Gasteiger charge is -2.29. The van der Waals surface area contributed by atoms with Crippen LogP contribution in [-0.2, 0) is 74.8 Å². The first-order valence-electron chi connectivity index (χ1n) is 22.5. The number of hydrogen-bond acceptors (Lipinski definition) is 25. The van der Waals surface area contributed by atoms with Gasteiger partial charge in [-0.25, -0.2) is 19.1 Å². The van der Waals surface area contributed by atoms with Crippen molar-refractivity contribution in [1.82, 2.24) is 54.6 Å². The molecule has 34 nitrogen and oxygen atoms in total. The summed E-state index contributed by atoms with van der Waals surface area (Å²) in [4.78, 5) is 118. The summed E-state index contributed by atoms with van der Waals surface area (Å²) in [5.74, 6) is -2.60. The monoisotopic (exact) mass is 1090 g/mol. The summed E-state index contributed by atoms with van der Waals surface area (Å²) in [6, 6.07) is -1.49. The topological polar surface area (TPSA) is 462 Å². The Balaban J connectivity index is 0.827. The van der Waals surface area contributed by atoms with Crippen molar-refractivity contribution >= 4 is 73.5 Å². The van der Waals surface area contributed by atoms with E-state index in [-0.39, 0.29) is 119 Å². The molecule has 0 spiro atoms. The van der Waals surface area contributed by atoms with Crippen molar-refractivity contribution in [2.24, 2.45) is 0 Å². The number of nitrogen functional groups attached to an aromatic ring is 2. The summed E-state index contributed by atoms with van der Waals surface area (Å²) >= 11 is 0. The van der Waals surface area contributed by atoms with Crippen LogP contribution in [0.4, 0.5) is 11.9 Å². The van der Waals surface area contributed by atoms with Gasteiger partial charge in [0.25, 0.3) is 22.9 Å². The second-order valence-corrected chi connectivity index (χ2v) is 19.2. The van der Waals surface area contributed by atoms with E-state index in [4.69, 9.17) is 58.0 Å². The van der Waals surface area contributed by atoms with E-state index in [9.17, 15) is 52.8 Å². The van der Waals surface area contributed by atoms with Gasteiger partial charge in [-0.15, -0.1) is 0 Å². The molecular formula is C38H51N13O21P2. The first-order valence-corrected chi connectivity index (χ1v) is 25.5. The van der Waals surface area contributed by atoms with Gasteiger partial charge >= 0.3 is 15.6 Å². The van der Waals surface area contributed by atoms with E-state index < -0.39 is 107 Å². The average molecular weight is 1090 g/mol. The van der Waals surface area contributed by atoms with Crippen molar-refractivity contribution in [3.05, 3.63) is 45.5 Å². The Bertz CT molecular complexity index is 2930. The van der Waals surface area contributed by atoms with Crippen LogP contribution >= 0.6 is 15.6 Å². The highest BCUT2D eigenvalue weighted by atomic mass is 31.2. The lowest BCUT2D eigenvalue weighted by Crippen LogP contribution is -2.48. The minimum atomic E-state index is -5.28. The second kappa shape index (κ2) is 23.7. The minimum Gasteiger partial charge on any atom is -0.386 e. The predicted molar refractivity (Wildman–Crippen MR) is 244 cm³/mol. The summed E-state index contributed by atoms with van der Waals surface area (Å²) in [7, 11) is -10.5. The first kappa shape index (κ1) is 54.3. The number of nitrogens with one attached hydrogen (secondary N) is 4. The SMILES string of the molecule is Nc1nc2c(ncn2[C@@H]2O[C@@H]3COP(=O)(O)O[C@H]4[C@@H](NC(=O)CCOCCOCCOCCOCCNC(=O)CCN5C(=O)C=CC5=O)[C@H](n5cnc6c(=O)[nH]c(N)nc65)O[C@@H]4COP(=O)(O)O[C@H]3[C@H]2O)c(=O)[nH]1. The highest BCUT2D eigenvalue weighted by Crippen LogP contribution is 2.53. The van der Waals surface area contributed by atoms with Crippen LogP contribution in [0.15, 0.2) is 34.4 Å². The molecule has 4 amide bonds. The third kappa shape index (κ3) is 13.1. The summed E-state index contributed by atoms with van der Waals surface area (Å²) in [6.07, 6.45) is -7.48. The Morgan fingerprint density at radius 3 is 1.76 bits per heavy atom. The highest BCUT2D eigenvalue weighted by molar-refractivity contribution is 7.47. The molecule has 10 atom stereocenters. The molecular weight excluding hydrogens is 1040 g/mol. The van der Waals surface area contributed by atoms with E-state index in [2.05, 4.69) is 40.5 Å². The number of phosphoric acid groups is 2. The third-order valence-electron chi connectivity index (χ3n) is 11.4. The fraction of sp³-hybridized carbons (Fsp3) is 0.579. The average Bonchev–Trinajstić information content (AvgIpc) is 4.16. The quantitative estimate of drug-likeness (QED) is 0.0218. The normalized spacial score (nSPS) is 28.3. The first-order chi connectivity index (χ1) is 35.4. The number of aromatic amines is 2. The number of imidazole rings is 2. The van der Waals surface area contributed by atoms with Crippen LogP contribution in [0.5, 0.6) is 0 Å². The maximum absolute atomic E-state index is 13.8. The predicted octanol–water partition coefficient (Wildman–Crippen LogP) is -4.04. The van der Waals surface area contributed by atoms with Crippen LogP contribution in [0.2, 0.25) is 0 Å². The lowest BCUT2D eigenvalue weighted by molar-refractivity contribution is -0.137. The molecule has 0 radical (unpaired) electrons. The zero-order chi connectivity index (χ0) is 52.7. The van der Waals surface area contributed by atoms with E-state index in [1.165, 1.54) is 4.57 Å². The van der Waals surface area contributed by atoms with E-state index in [0.29, 0.717) is 0 Å². The van der Waals surface area contributed by atoms with Crippen molar-refractivity contribution in [3.8, 4) is 0 Å². The van der Waals surface area contributed by atoms with E-state index in [1.54, 1.807) is 0 Å². The largest absolute Gasteiger partial charge is 0.472 e. The van der Waals surface area contributed by atoms with Crippen molar-refractivity contribution in [3.63, 3.8) is 0 Å². The number of ether oxygens (including phenoxy) is 6. The number of hydrogen-bond donors (Lipinski definition) is 9. The molecule has 2 unspecified atom stereocenters. The Labute approximate surface area is 415 Å². The number of aliphatic hydroxyl groups is 1. The van der Waals surface area contributed by atoms with E-state index in [1.807, 2.05) is 0 Å². The molecule has 4 aliphatic heterocycles. The number of carbonyl (C=O) groups excluding carboxylic acids is 4. The zero-order valence-electron chi connectivity index (χ0n) is 38.7. The summed E-state index contributed by atoms with van der Waals surface area (Å²) in [5.41, 5.74) is 9.33. The number of carbonyl (C=O) groups is 4. The fourth-order valence-corrected chi connectivity index (χ4v) is 9.91. The number of amides is 4. The van der Waals surface area contributed by atoms with Gasteiger partial charge in [-0.3, -0.25) is 70.9 Å². The maximum Gasteiger partial charge on any atom is 0.472 e. The number of rotatable bonds is 21.